The summed E-state index contributed by atoms with van der Waals surface area (Å²) in [6, 6.07) is -0.110. The van der Waals surface area contributed by atoms with E-state index in [1.54, 1.807) is 18.4 Å². The zero-order chi connectivity index (χ0) is 16.2. The summed E-state index contributed by atoms with van der Waals surface area (Å²) >= 11 is 0. The molecule has 2 saturated heterocycles. The SMILES string of the molecule is CN(C)S(=O)(=O)N1CCCCC1CN=C(N)N1CCOCC1.I. The molecule has 136 valence electrons. The molecule has 0 aromatic rings. The number of aliphatic imine (C=N–C) groups is 1. The smallest absolute Gasteiger partial charge is 0.281 e. The Morgan fingerprint density at radius 1 is 1.26 bits per heavy atom. The van der Waals surface area contributed by atoms with E-state index in [1.165, 1.54) is 4.31 Å². The van der Waals surface area contributed by atoms with E-state index in [0.29, 0.717) is 32.3 Å². The average molecular weight is 461 g/mol. The van der Waals surface area contributed by atoms with E-state index in [9.17, 15) is 8.42 Å². The highest BCUT2D eigenvalue weighted by atomic mass is 127. The molecule has 2 N–H and O–H groups in total. The standard InChI is InChI=1S/C13H27N5O3S.HI/c1-16(2)22(19,20)18-6-4-3-5-12(18)11-15-13(14)17-7-9-21-10-8-17;/h12H,3-11H2,1-2H3,(H2,14,15);1H. The monoisotopic (exact) mass is 461 g/mol. The van der Waals surface area contributed by atoms with Crippen molar-refractivity contribution in [3.63, 3.8) is 0 Å². The third-order valence-electron chi connectivity index (χ3n) is 4.13. The largest absolute Gasteiger partial charge is 0.378 e. The van der Waals surface area contributed by atoms with Crippen molar-refractivity contribution in [1.29, 1.82) is 0 Å². The van der Waals surface area contributed by atoms with Gasteiger partial charge in [0.25, 0.3) is 10.2 Å². The number of hydrogen-bond acceptors (Lipinski definition) is 4. The molecule has 2 fully saturated rings. The number of morpholine rings is 1. The van der Waals surface area contributed by atoms with Crippen LogP contribution in [0.5, 0.6) is 0 Å². The van der Waals surface area contributed by atoms with Crippen LogP contribution >= 0.6 is 24.0 Å². The quantitative estimate of drug-likeness (QED) is 0.359. The fourth-order valence-corrected chi connectivity index (χ4v) is 4.09. The summed E-state index contributed by atoms with van der Waals surface area (Å²) in [5.74, 6) is 0.482. The Balaban J connectivity index is 0.00000264. The highest BCUT2D eigenvalue weighted by Gasteiger charge is 2.33. The van der Waals surface area contributed by atoms with Crippen molar-refractivity contribution in [2.24, 2.45) is 10.7 Å². The van der Waals surface area contributed by atoms with Crippen LogP contribution in [0.3, 0.4) is 0 Å². The van der Waals surface area contributed by atoms with Gasteiger partial charge >= 0.3 is 0 Å². The zero-order valence-corrected chi connectivity index (χ0v) is 17.0. The summed E-state index contributed by atoms with van der Waals surface area (Å²) in [4.78, 5) is 6.42. The molecule has 2 aliphatic rings. The molecule has 0 aromatic carbocycles. The Hall–Kier alpha value is -0.170. The van der Waals surface area contributed by atoms with Crippen molar-refractivity contribution < 1.29 is 13.2 Å². The van der Waals surface area contributed by atoms with Gasteiger partial charge in [0.1, 0.15) is 0 Å². The Kier molecular flexibility index (Phi) is 8.48. The molecule has 10 heteroatoms. The van der Waals surface area contributed by atoms with E-state index >= 15 is 0 Å². The summed E-state index contributed by atoms with van der Waals surface area (Å²) < 4.78 is 32.9. The maximum Gasteiger partial charge on any atom is 0.281 e. The minimum atomic E-state index is -3.40. The van der Waals surface area contributed by atoms with Crippen LogP contribution in [0, 0.1) is 0 Å². The molecular formula is C13H28IN5O3S. The van der Waals surface area contributed by atoms with Gasteiger partial charge in [0.2, 0.25) is 0 Å². The molecule has 0 saturated carbocycles. The number of nitrogens with two attached hydrogens (primary N) is 1. The third kappa shape index (κ3) is 5.41. The molecule has 1 unspecified atom stereocenters. The van der Waals surface area contributed by atoms with Gasteiger partial charge in [-0.05, 0) is 12.8 Å². The molecule has 0 bridgehead atoms. The lowest BCUT2D eigenvalue weighted by Crippen LogP contribution is -2.50. The maximum absolute atomic E-state index is 12.4. The number of hydrogen-bond donors (Lipinski definition) is 1. The first-order valence-corrected chi connectivity index (χ1v) is 9.14. The number of nitrogens with zero attached hydrogens (tertiary/aromatic N) is 4. The number of halogens is 1. The van der Waals surface area contributed by atoms with Crippen LogP contribution in [0.1, 0.15) is 19.3 Å². The predicted molar refractivity (Wildman–Crippen MR) is 101 cm³/mol. The van der Waals surface area contributed by atoms with Crippen molar-refractivity contribution in [1.82, 2.24) is 13.5 Å². The molecule has 0 radical (unpaired) electrons. The van der Waals surface area contributed by atoms with Gasteiger partial charge in [-0.1, -0.05) is 6.42 Å². The van der Waals surface area contributed by atoms with E-state index in [0.717, 1.165) is 32.4 Å². The Labute approximate surface area is 156 Å². The molecule has 1 atom stereocenters. The first-order chi connectivity index (χ1) is 10.4. The molecule has 8 nitrogen and oxygen atoms in total. The lowest BCUT2D eigenvalue weighted by atomic mass is 10.1. The van der Waals surface area contributed by atoms with Crippen LogP contribution in [0.2, 0.25) is 0 Å². The van der Waals surface area contributed by atoms with Crippen molar-refractivity contribution in [2.45, 2.75) is 25.3 Å². The van der Waals surface area contributed by atoms with Gasteiger partial charge in [-0.15, -0.1) is 24.0 Å². The van der Waals surface area contributed by atoms with Gasteiger partial charge in [-0.25, -0.2) is 0 Å². The number of piperidine rings is 1. The summed E-state index contributed by atoms with van der Waals surface area (Å²) in [6.45, 7) is 3.75. The molecule has 2 aliphatic heterocycles. The topological polar surface area (TPSA) is 91.5 Å². The second-order valence-corrected chi connectivity index (χ2v) is 7.94. The fraction of sp³-hybridized carbons (Fsp3) is 0.923. The maximum atomic E-state index is 12.4. The van der Waals surface area contributed by atoms with E-state index in [4.69, 9.17) is 10.5 Å². The van der Waals surface area contributed by atoms with Crippen LogP contribution in [0.15, 0.2) is 4.99 Å². The molecule has 0 aliphatic carbocycles. The average Bonchev–Trinajstić information content (AvgIpc) is 2.53. The lowest BCUT2D eigenvalue weighted by molar-refractivity contribution is 0.0673. The highest BCUT2D eigenvalue weighted by Crippen LogP contribution is 2.22. The van der Waals surface area contributed by atoms with Gasteiger partial charge in [0.15, 0.2) is 5.96 Å². The van der Waals surface area contributed by atoms with Gasteiger partial charge < -0.3 is 15.4 Å². The van der Waals surface area contributed by atoms with Gasteiger partial charge in [0, 0.05) is 39.8 Å². The van der Waals surface area contributed by atoms with Crippen LogP contribution in [0.4, 0.5) is 0 Å². The van der Waals surface area contributed by atoms with Gasteiger partial charge in [-0.3, -0.25) is 4.99 Å². The van der Waals surface area contributed by atoms with Crippen molar-refractivity contribution >= 4 is 40.1 Å². The second-order valence-electron chi connectivity index (χ2n) is 5.85. The summed E-state index contributed by atoms with van der Waals surface area (Å²) in [5, 5.41) is 0. The minimum Gasteiger partial charge on any atom is -0.378 e. The van der Waals surface area contributed by atoms with E-state index in [1.807, 2.05) is 4.90 Å². The van der Waals surface area contributed by atoms with Crippen molar-refractivity contribution in [3.8, 4) is 0 Å². The normalized spacial score (nSPS) is 24.6. The lowest BCUT2D eigenvalue weighted by Gasteiger charge is -2.35. The van der Waals surface area contributed by atoms with E-state index < -0.39 is 10.2 Å². The van der Waals surface area contributed by atoms with Gasteiger partial charge in [0.05, 0.1) is 19.8 Å². The van der Waals surface area contributed by atoms with Crippen LogP contribution in [0.25, 0.3) is 0 Å². The number of guanidine groups is 1. The highest BCUT2D eigenvalue weighted by molar-refractivity contribution is 14.0. The van der Waals surface area contributed by atoms with E-state index in [-0.39, 0.29) is 30.0 Å². The fourth-order valence-electron chi connectivity index (χ4n) is 2.76. The molecule has 0 spiro atoms. The molecular weight excluding hydrogens is 433 g/mol. The zero-order valence-electron chi connectivity index (χ0n) is 13.8. The third-order valence-corrected chi connectivity index (χ3v) is 6.13. The molecule has 0 aromatic heterocycles. The Bertz CT molecular complexity index is 494. The van der Waals surface area contributed by atoms with Crippen molar-refractivity contribution in [2.75, 3.05) is 53.5 Å². The van der Waals surface area contributed by atoms with E-state index in [2.05, 4.69) is 4.99 Å². The molecule has 0 amide bonds. The first-order valence-electron chi connectivity index (χ1n) is 7.75. The van der Waals surface area contributed by atoms with Gasteiger partial charge in [-0.2, -0.15) is 17.0 Å². The Morgan fingerprint density at radius 2 is 1.91 bits per heavy atom. The molecule has 23 heavy (non-hydrogen) atoms. The van der Waals surface area contributed by atoms with Crippen molar-refractivity contribution in [3.05, 3.63) is 0 Å². The number of rotatable bonds is 4. The Morgan fingerprint density at radius 3 is 2.52 bits per heavy atom. The summed E-state index contributed by atoms with van der Waals surface area (Å²) in [5.41, 5.74) is 6.02. The predicted octanol–water partition coefficient (Wildman–Crippen LogP) is -0.0878. The van der Waals surface area contributed by atoms with Crippen LogP contribution in [-0.2, 0) is 14.9 Å². The van der Waals surface area contributed by atoms with Crippen LogP contribution < -0.4 is 5.73 Å². The molecule has 2 rings (SSSR count). The first kappa shape index (κ1) is 20.9. The summed E-state index contributed by atoms with van der Waals surface area (Å²) in [6.07, 6.45) is 2.75. The van der Waals surface area contributed by atoms with Crippen LogP contribution in [-0.4, -0.2) is 87.4 Å². The number of ether oxygens (including phenoxy) is 1. The molecule has 2 heterocycles. The summed E-state index contributed by atoms with van der Waals surface area (Å²) in [7, 11) is -0.275. The second kappa shape index (κ2) is 9.35. The minimum absolute atomic E-state index is 0.